The zero-order chi connectivity index (χ0) is 10.8. The first-order valence-electron chi connectivity index (χ1n) is 5.88. The molecule has 0 bridgehead atoms. The van der Waals surface area contributed by atoms with Crippen molar-refractivity contribution < 1.29 is 4.79 Å². The molecule has 0 aliphatic heterocycles. The topological polar surface area (TPSA) is 44.1 Å². The van der Waals surface area contributed by atoms with E-state index in [1.165, 1.54) is 0 Å². The Kier molecular flexibility index (Phi) is 2.95. The van der Waals surface area contributed by atoms with Crippen LogP contribution in [0.15, 0.2) is 0 Å². The lowest BCUT2D eigenvalue weighted by molar-refractivity contribution is -0.134. The molecular weight excluding hydrogens is 188 g/mol. The molecule has 0 aromatic heterocycles. The fourth-order valence-corrected chi connectivity index (χ4v) is 2.39. The van der Waals surface area contributed by atoms with Crippen molar-refractivity contribution >= 4 is 5.91 Å². The van der Waals surface area contributed by atoms with Crippen molar-refractivity contribution in [2.24, 2.45) is 11.8 Å². The van der Waals surface area contributed by atoms with E-state index in [0.717, 1.165) is 38.5 Å². The summed E-state index contributed by atoms with van der Waals surface area (Å²) in [4.78, 5) is 13.8. The summed E-state index contributed by atoms with van der Waals surface area (Å²) < 4.78 is 0. The molecule has 0 N–H and O–H groups in total. The summed E-state index contributed by atoms with van der Waals surface area (Å²) in [5.41, 5.74) is 0. The summed E-state index contributed by atoms with van der Waals surface area (Å²) in [6.07, 6.45) is 6.10. The standard InChI is InChI=1S/C12H18N2O/c1-14(12(15)10-4-5-10)11-6-2-9(8-13)3-7-11/h9-11H,2-7H2,1H3. The van der Waals surface area contributed by atoms with Gasteiger partial charge in [-0.05, 0) is 38.5 Å². The minimum Gasteiger partial charge on any atom is -0.343 e. The van der Waals surface area contributed by atoms with Gasteiger partial charge < -0.3 is 4.90 Å². The van der Waals surface area contributed by atoms with E-state index in [9.17, 15) is 4.79 Å². The molecule has 1 amide bonds. The quantitative estimate of drug-likeness (QED) is 0.693. The van der Waals surface area contributed by atoms with Crippen molar-refractivity contribution in [1.82, 2.24) is 4.90 Å². The maximum atomic E-state index is 11.8. The third-order valence-corrected chi connectivity index (χ3v) is 3.70. The summed E-state index contributed by atoms with van der Waals surface area (Å²) >= 11 is 0. The van der Waals surface area contributed by atoms with Crippen LogP contribution in [0.1, 0.15) is 38.5 Å². The number of rotatable bonds is 2. The van der Waals surface area contributed by atoms with Gasteiger partial charge in [0.25, 0.3) is 0 Å². The molecule has 0 saturated heterocycles. The highest BCUT2D eigenvalue weighted by atomic mass is 16.2. The predicted molar refractivity (Wildman–Crippen MR) is 56.9 cm³/mol. The fraction of sp³-hybridized carbons (Fsp3) is 0.833. The van der Waals surface area contributed by atoms with Crippen LogP contribution in [0.4, 0.5) is 0 Å². The van der Waals surface area contributed by atoms with Gasteiger partial charge in [0.2, 0.25) is 5.91 Å². The lowest BCUT2D eigenvalue weighted by Gasteiger charge is -2.32. The molecular formula is C12H18N2O. The molecule has 0 aromatic carbocycles. The number of carbonyl (C=O) groups excluding carboxylic acids is 1. The van der Waals surface area contributed by atoms with Crippen LogP contribution in [-0.2, 0) is 4.79 Å². The molecule has 0 heterocycles. The Labute approximate surface area is 91.1 Å². The monoisotopic (exact) mass is 206 g/mol. The molecule has 3 heteroatoms. The molecule has 0 aromatic rings. The van der Waals surface area contributed by atoms with Crippen LogP contribution in [0.25, 0.3) is 0 Å². The highest BCUT2D eigenvalue weighted by Gasteiger charge is 2.35. The van der Waals surface area contributed by atoms with E-state index >= 15 is 0 Å². The van der Waals surface area contributed by atoms with Crippen molar-refractivity contribution in [3.8, 4) is 6.07 Å². The smallest absolute Gasteiger partial charge is 0.225 e. The predicted octanol–water partition coefficient (Wildman–Crippen LogP) is 1.94. The maximum Gasteiger partial charge on any atom is 0.225 e. The van der Waals surface area contributed by atoms with Crippen molar-refractivity contribution in [3.63, 3.8) is 0 Å². The van der Waals surface area contributed by atoms with E-state index in [1.54, 1.807) is 0 Å². The van der Waals surface area contributed by atoms with Crippen molar-refractivity contribution in [3.05, 3.63) is 0 Å². The van der Waals surface area contributed by atoms with Gasteiger partial charge in [-0.1, -0.05) is 0 Å². The van der Waals surface area contributed by atoms with Gasteiger partial charge in [-0.3, -0.25) is 4.79 Å². The molecule has 82 valence electrons. The molecule has 2 rings (SSSR count). The minimum absolute atomic E-state index is 0.227. The van der Waals surface area contributed by atoms with Crippen LogP contribution < -0.4 is 0 Å². The lowest BCUT2D eigenvalue weighted by atomic mass is 9.86. The van der Waals surface area contributed by atoms with Gasteiger partial charge in [0.05, 0.1) is 6.07 Å². The van der Waals surface area contributed by atoms with Crippen LogP contribution in [0.5, 0.6) is 0 Å². The highest BCUT2D eigenvalue weighted by Crippen LogP contribution is 2.33. The van der Waals surface area contributed by atoms with Crippen LogP contribution in [-0.4, -0.2) is 23.9 Å². The molecule has 0 unspecified atom stereocenters. The highest BCUT2D eigenvalue weighted by molar-refractivity contribution is 5.81. The Morgan fingerprint density at radius 2 is 1.80 bits per heavy atom. The third kappa shape index (κ3) is 2.31. The van der Waals surface area contributed by atoms with Gasteiger partial charge >= 0.3 is 0 Å². The molecule has 2 saturated carbocycles. The maximum absolute atomic E-state index is 11.8. The Balaban J connectivity index is 1.84. The van der Waals surface area contributed by atoms with Crippen LogP contribution in [0, 0.1) is 23.2 Å². The van der Waals surface area contributed by atoms with E-state index in [0.29, 0.717) is 17.9 Å². The Hall–Kier alpha value is -1.04. The van der Waals surface area contributed by atoms with Gasteiger partial charge in [-0.15, -0.1) is 0 Å². The van der Waals surface area contributed by atoms with Crippen molar-refractivity contribution in [1.29, 1.82) is 5.26 Å². The van der Waals surface area contributed by atoms with E-state index in [-0.39, 0.29) is 5.92 Å². The van der Waals surface area contributed by atoms with Gasteiger partial charge in [0.15, 0.2) is 0 Å². The summed E-state index contributed by atoms with van der Waals surface area (Å²) in [5.74, 6) is 0.879. The average molecular weight is 206 g/mol. The molecule has 0 radical (unpaired) electrons. The zero-order valence-corrected chi connectivity index (χ0v) is 9.28. The Morgan fingerprint density at radius 1 is 1.20 bits per heavy atom. The number of amides is 1. The molecule has 2 aliphatic rings. The Morgan fingerprint density at radius 3 is 2.27 bits per heavy atom. The van der Waals surface area contributed by atoms with Crippen LogP contribution >= 0.6 is 0 Å². The molecule has 2 fully saturated rings. The number of nitrogens with zero attached hydrogens (tertiary/aromatic N) is 2. The van der Waals surface area contributed by atoms with E-state index in [1.807, 2.05) is 11.9 Å². The van der Waals surface area contributed by atoms with Crippen LogP contribution in [0.3, 0.4) is 0 Å². The molecule has 3 nitrogen and oxygen atoms in total. The second-order valence-electron chi connectivity index (χ2n) is 4.86. The summed E-state index contributed by atoms with van der Waals surface area (Å²) in [7, 11) is 1.93. The second kappa shape index (κ2) is 4.22. The molecule has 2 aliphatic carbocycles. The number of nitriles is 1. The van der Waals surface area contributed by atoms with Gasteiger partial charge in [0.1, 0.15) is 0 Å². The first kappa shape index (κ1) is 10.5. The molecule has 15 heavy (non-hydrogen) atoms. The molecule has 0 spiro atoms. The number of carbonyl (C=O) groups is 1. The average Bonchev–Trinajstić information content (AvgIpc) is 3.11. The van der Waals surface area contributed by atoms with Gasteiger partial charge in [0, 0.05) is 24.9 Å². The van der Waals surface area contributed by atoms with Crippen molar-refractivity contribution in [2.75, 3.05) is 7.05 Å². The minimum atomic E-state index is 0.227. The zero-order valence-electron chi connectivity index (χ0n) is 9.28. The Bertz CT molecular complexity index is 282. The second-order valence-corrected chi connectivity index (χ2v) is 4.86. The van der Waals surface area contributed by atoms with Crippen molar-refractivity contribution in [2.45, 2.75) is 44.6 Å². The first-order valence-corrected chi connectivity index (χ1v) is 5.88. The van der Waals surface area contributed by atoms with E-state index in [2.05, 4.69) is 6.07 Å². The lowest BCUT2D eigenvalue weighted by Crippen LogP contribution is -2.40. The largest absolute Gasteiger partial charge is 0.343 e. The van der Waals surface area contributed by atoms with E-state index in [4.69, 9.17) is 5.26 Å². The third-order valence-electron chi connectivity index (χ3n) is 3.70. The van der Waals surface area contributed by atoms with E-state index < -0.39 is 0 Å². The molecule has 0 atom stereocenters. The summed E-state index contributed by atoms with van der Waals surface area (Å²) in [6.45, 7) is 0. The summed E-state index contributed by atoms with van der Waals surface area (Å²) in [5, 5.41) is 8.79. The fourth-order valence-electron chi connectivity index (χ4n) is 2.39. The van der Waals surface area contributed by atoms with Gasteiger partial charge in [-0.2, -0.15) is 5.26 Å². The number of hydrogen-bond acceptors (Lipinski definition) is 2. The normalized spacial score (nSPS) is 30.7. The van der Waals surface area contributed by atoms with Gasteiger partial charge in [-0.25, -0.2) is 0 Å². The summed E-state index contributed by atoms with van der Waals surface area (Å²) in [6, 6.07) is 2.72. The SMILES string of the molecule is CN(C(=O)C1CC1)C1CCC(C#N)CC1. The van der Waals surface area contributed by atoms with Crippen LogP contribution in [0.2, 0.25) is 0 Å². The first-order chi connectivity index (χ1) is 7.22. The number of hydrogen-bond donors (Lipinski definition) is 0.